The van der Waals surface area contributed by atoms with Crippen molar-refractivity contribution in [3.8, 4) is 11.1 Å². The van der Waals surface area contributed by atoms with Crippen LogP contribution in [0.4, 0.5) is 14.9 Å². The van der Waals surface area contributed by atoms with Crippen molar-refractivity contribution >= 4 is 23.7 Å². The molecular weight excluding hydrogens is 451 g/mol. The maximum atomic E-state index is 13.6. The molecule has 3 aromatic carbocycles. The van der Waals surface area contributed by atoms with Gasteiger partial charge in [0.05, 0.1) is 5.56 Å². The van der Waals surface area contributed by atoms with Crippen LogP contribution in [0.25, 0.3) is 11.1 Å². The van der Waals surface area contributed by atoms with Gasteiger partial charge in [-0.2, -0.15) is 0 Å². The third kappa shape index (κ3) is 5.16. The second-order valence-electron chi connectivity index (χ2n) is 8.30. The van der Waals surface area contributed by atoms with Gasteiger partial charge >= 0.3 is 12.1 Å². The summed E-state index contributed by atoms with van der Waals surface area (Å²) in [5.41, 5.74) is 3.94. The van der Waals surface area contributed by atoms with Crippen molar-refractivity contribution in [1.82, 2.24) is 5.32 Å². The molecule has 0 spiro atoms. The first-order chi connectivity index (χ1) is 16.9. The van der Waals surface area contributed by atoms with Gasteiger partial charge in [-0.05, 0) is 46.9 Å². The zero-order chi connectivity index (χ0) is 24.9. The number of aromatic carboxylic acids is 1. The quantitative estimate of drug-likeness (QED) is 0.416. The topological polar surface area (TPSA) is 105 Å². The number of nitrogens with one attached hydrogen (secondary N) is 2. The van der Waals surface area contributed by atoms with Crippen LogP contribution in [0, 0.1) is 5.82 Å². The zero-order valence-corrected chi connectivity index (χ0v) is 19.1. The Hall–Kier alpha value is -4.20. The third-order valence-corrected chi connectivity index (χ3v) is 5.99. The van der Waals surface area contributed by atoms with E-state index in [1.165, 1.54) is 6.07 Å². The Morgan fingerprint density at radius 1 is 1.00 bits per heavy atom. The minimum Gasteiger partial charge on any atom is -0.478 e. The summed E-state index contributed by atoms with van der Waals surface area (Å²) in [7, 11) is 0. The lowest BCUT2D eigenvalue weighted by Crippen LogP contribution is -2.44. The molecule has 35 heavy (non-hydrogen) atoms. The number of carbonyl (C=O) groups excluding carboxylic acids is 2. The summed E-state index contributed by atoms with van der Waals surface area (Å²) in [5, 5.41) is 14.2. The molecule has 0 unspecified atom stereocenters. The van der Waals surface area contributed by atoms with Crippen LogP contribution in [0.3, 0.4) is 0 Å². The average molecular weight is 477 g/mol. The summed E-state index contributed by atoms with van der Waals surface area (Å²) in [5.74, 6) is -3.01. The predicted octanol–water partition coefficient (Wildman–Crippen LogP) is 5.17. The van der Waals surface area contributed by atoms with E-state index in [9.17, 15) is 18.8 Å². The average Bonchev–Trinajstić information content (AvgIpc) is 3.17. The van der Waals surface area contributed by atoms with Gasteiger partial charge in [0, 0.05) is 11.6 Å². The lowest BCUT2D eigenvalue weighted by Gasteiger charge is -2.19. The fourth-order valence-corrected chi connectivity index (χ4v) is 4.34. The molecule has 3 aromatic rings. The molecule has 0 radical (unpaired) electrons. The number of hydrogen-bond acceptors (Lipinski definition) is 4. The second kappa shape index (κ2) is 10.4. The molecule has 0 heterocycles. The maximum Gasteiger partial charge on any atom is 0.407 e. The van der Waals surface area contributed by atoms with Crippen LogP contribution in [0.2, 0.25) is 0 Å². The monoisotopic (exact) mass is 476 g/mol. The number of ether oxygens (including phenoxy) is 1. The largest absolute Gasteiger partial charge is 0.478 e. The molecule has 2 amide bonds. The Morgan fingerprint density at radius 2 is 1.63 bits per heavy atom. The highest BCUT2D eigenvalue weighted by Crippen LogP contribution is 2.44. The van der Waals surface area contributed by atoms with E-state index in [1.807, 2.05) is 55.5 Å². The van der Waals surface area contributed by atoms with E-state index in [0.717, 1.165) is 34.4 Å². The van der Waals surface area contributed by atoms with E-state index in [0.29, 0.717) is 12.8 Å². The number of hydrogen-bond donors (Lipinski definition) is 3. The van der Waals surface area contributed by atoms with Crippen LogP contribution in [-0.4, -0.2) is 35.7 Å². The van der Waals surface area contributed by atoms with Crippen molar-refractivity contribution in [1.29, 1.82) is 0 Å². The van der Waals surface area contributed by atoms with Gasteiger partial charge in [0.1, 0.15) is 18.5 Å². The van der Waals surface area contributed by atoms with E-state index < -0.39 is 35.4 Å². The highest BCUT2D eigenvalue weighted by Gasteiger charge is 2.29. The number of carboxylic acid groups (broad SMARTS) is 1. The van der Waals surface area contributed by atoms with Gasteiger partial charge in [0.15, 0.2) is 0 Å². The van der Waals surface area contributed by atoms with E-state index >= 15 is 0 Å². The summed E-state index contributed by atoms with van der Waals surface area (Å²) in [6.45, 7) is 1.97. The van der Waals surface area contributed by atoms with Crippen molar-refractivity contribution in [3.63, 3.8) is 0 Å². The highest BCUT2D eigenvalue weighted by atomic mass is 19.1. The summed E-state index contributed by atoms with van der Waals surface area (Å²) < 4.78 is 19.2. The van der Waals surface area contributed by atoms with Crippen LogP contribution in [0.1, 0.15) is 47.2 Å². The van der Waals surface area contributed by atoms with E-state index in [4.69, 9.17) is 9.84 Å². The van der Waals surface area contributed by atoms with Crippen molar-refractivity contribution in [3.05, 3.63) is 89.2 Å². The molecule has 1 aliphatic rings. The van der Waals surface area contributed by atoms with Crippen LogP contribution in [0.15, 0.2) is 66.7 Å². The summed E-state index contributed by atoms with van der Waals surface area (Å²) >= 11 is 0. The lowest BCUT2D eigenvalue weighted by molar-refractivity contribution is -0.118. The molecule has 4 rings (SSSR count). The predicted molar refractivity (Wildman–Crippen MR) is 129 cm³/mol. The maximum absolute atomic E-state index is 13.6. The SMILES string of the molecule is CCC[C@@H](NC(=O)OCC1c2ccccc2-c2ccccc21)C(=O)Nc1ccc(F)c(C(=O)O)c1. The Kier molecular flexibility index (Phi) is 7.10. The van der Waals surface area contributed by atoms with Gasteiger partial charge in [-0.25, -0.2) is 14.0 Å². The second-order valence-corrected chi connectivity index (χ2v) is 8.30. The number of rotatable bonds is 8. The third-order valence-electron chi connectivity index (χ3n) is 5.99. The van der Waals surface area contributed by atoms with E-state index in [2.05, 4.69) is 10.6 Å². The molecule has 0 aromatic heterocycles. The number of benzene rings is 3. The normalized spacial score (nSPS) is 12.9. The lowest BCUT2D eigenvalue weighted by atomic mass is 9.98. The number of fused-ring (bicyclic) bond motifs is 3. The molecule has 0 saturated carbocycles. The van der Waals surface area contributed by atoms with Gasteiger partial charge in [-0.1, -0.05) is 61.9 Å². The molecular formula is C27H25FN2O5. The van der Waals surface area contributed by atoms with Crippen LogP contribution >= 0.6 is 0 Å². The van der Waals surface area contributed by atoms with Crippen molar-refractivity contribution in [2.45, 2.75) is 31.7 Å². The molecule has 7 nitrogen and oxygen atoms in total. The molecule has 0 bridgehead atoms. The first-order valence-corrected chi connectivity index (χ1v) is 11.3. The molecule has 1 aliphatic carbocycles. The molecule has 0 aliphatic heterocycles. The molecule has 0 saturated heterocycles. The van der Waals surface area contributed by atoms with Crippen LogP contribution in [-0.2, 0) is 9.53 Å². The number of amides is 2. The first-order valence-electron chi connectivity index (χ1n) is 11.3. The number of anilines is 1. The summed E-state index contributed by atoms with van der Waals surface area (Å²) in [6.07, 6.45) is 0.208. The number of carboxylic acids is 1. The number of halogens is 1. The zero-order valence-electron chi connectivity index (χ0n) is 19.1. The Bertz CT molecular complexity index is 1230. The number of alkyl carbamates (subject to hydrolysis) is 1. The van der Waals surface area contributed by atoms with Gasteiger partial charge in [0.25, 0.3) is 0 Å². The smallest absolute Gasteiger partial charge is 0.407 e. The van der Waals surface area contributed by atoms with Crippen molar-refractivity contribution in [2.24, 2.45) is 0 Å². The molecule has 0 fully saturated rings. The fraction of sp³-hybridized carbons (Fsp3) is 0.222. The van der Waals surface area contributed by atoms with Crippen molar-refractivity contribution < 1.29 is 28.6 Å². The Morgan fingerprint density at radius 3 is 2.23 bits per heavy atom. The summed E-state index contributed by atoms with van der Waals surface area (Å²) in [4.78, 5) is 36.5. The molecule has 3 N–H and O–H groups in total. The standard InChI is InChI=1S/C27H25FN2O5/c1-2-7-24(25(31)29-16-12-13-23(28)21(14-16)26(32)33)30-27(34)35-15-22-19-10-5-3-8-17(19)18-9-4-6-11-20(18)22/h3-6,8-14,22,24H,2,7,15H2,1H3,(H,29,31)(H,30,34)(H,32,33)/t24-/m1/s1. The summed E-state index contributed by atoms with van der Waals surface area (Å²) in [6, 6.07) is 18.3. The van der Waals surface area contributed by atoms with Gasteiger partial charge in [0.2, 0.25) is 5.91 Å². The molecule has 8 heteroatoms. The fourth-order valence-electron chi connectivity index (χ4n) is 4.34. The molecule has 1 atom stereocenters. The molecule has 180 valence electrons. The van der Waals surface area contributed by atoms with Crippen molar-refractivity contribution in [2.75, 3.05) is 11.9 Å². The first kappa shape index (κ1) is 23.9. The minimum atomic E-state index is -1.44. The van der Waals surface area contributed by atoms with Crippen LogP contribution in [0.5, 0.6) is 0 Å². The minimum absolute atomic E-state index is 0.111. The van der Waals surface area contributed by atoms with Gasteiger partial charge < -0.3 is 20.5 Å². The van der Waals surface area contributed by atoms with E-state index in [-0.39, 0.29) is 18.2 Å². The highest BCUT2D eigenvalue weighted by molar-refractivity contribution is 5.98. The Balaban J connectivity index is 1.41. The van der Waals surface area contributed by atoms with Gasteiger partial charge in [-0.3, -0.25) is 4.79 Å². The van der Waals surface area contributed by atoms with Gasteiger partial charge in [-0.15, -0.1) is 0 Å². The van der Waals surface area contributed by atoms with Crippen LogP contribution < -0.4 is 10.6 Å². The number of carbonyl (C=O) groups is 3. The van der Waals surface area contributed by atoms with E-state index in [1.54, 1.807) is 0 Å². The Labute approximate surface area is 201 Å².